The second-order valence-electron chi connectivity index (χ2n) is 5.76. The van der Waals surface area contributed by atoms with Crippen molar-refractivity contribution >= 4 is 12.4 Å². The molecule has 0 radical (unpaired) electrons. The van der Waals surface area contributed by atoms with Gasteiger partial charge in [0.25, 0.3) is 0 Å². The van der Waals surface area contributed by atoms with E-state index < -0.39 is 11.6 Å². The lowest BCUT2D eigenvalue weighted by Crippen LogP contribution is -2.47. The Hall–Kier alpha value is -1.60. The Kier molecular flexibility index (Phi) is 7.25. The Morgan fingerprint density at radius 1 is 1.24 bits per heavy atom. The van der Waals surface area contributed by atoms with Gasteiger partial charge in [-0.3, -0.25) is 4.98 Å². The third-order valence-corrected chi connectivity index (χ3v) is 4.22. The van der Waals surface area contributed by atoms with Gasteiger partial charge in [-0.25, -0.2) is 8.78 Å². The maximum absolute atomic E-state index is 13.8. The van der Waals surface area contributed by atoms with Gasteiger partial charge < -0.3 is 14.8 Å². The molecule has 1 aromatic heterocycles. The van der Waals surface area contributed by atoms with Gasteiger partial charge in [0.2, 0.25) is 0 Å². The van der Waals surface area contributed by atoms with Gasteiger partial charge in [-0.2, -0.15) is 0 Å². The van der Waals surface area contributed by atoms with Crippen LogP contribution in [0.15, 0.2) is 36.5 Å². The molecular formula is C18H21ClF2N2O2. The van der Waals surface area contributed by atoms with E-state index in [2.05, 4.69) is 10.3 Å². The fraction of sp³-hybridized carbons (Fsp3) is 0.389. The predicted molar refractivity (Wildman–Crippen MR) is 93.7 cm³/mol. The molecule has 0 saturated carbocycles. The maximum Gasteiger partial charge on any atom is 0.134 e. The molecule has 25 heavy (non-hydrogen) atoms. The van der Waals surface area contributed by atoms with Gasteiger partial charge >= 0.3 is 0 Å². The number of nitrogens with one attached hydrogen (secondary N) is 1. The van der Waals surface area contributed by atoms with E-state index in [1.165, 1.54) is 24.4 Å². The van der Waals surface area contributed by atoms with E-state index in [0.29, 0.717) is 25.3 Å². The van der Waals surface area contributed by atoms with Crippen LogP contribution in [-0.4, -0.2) is 37.5 Å². The number of pyridine rings is 1. The molecule has 0 amide bonds. The molecule has 3 rings (SSSR count). The van der Waals surface area contributed by atoms with Crippen LogP contribution < -0.4 is 5.32 Å². The second-order valence-corrected chi connectivity index (χ2v) is 5.76. The number of ether oxygens (including phenoxy) is 2. The fourth-order valence-electron chi connectivity index (χ4n) is 2.88. The van der Waals surface area contributed by atoms with E-state index in [9.17, 15) is 8.78 Å². The lowest BCUT2D eigenvalue weighted by molar-refractivity contribution is -0.0374. The summed E-state index contributed by atoms with van der Waals surface area (Å²) in [5, 5.41) is 3.36. The zero-order chi connectivity index (χ0) is 16.9. The molecule has 7 heteroatoms. The Labute approximate surface area is 152 Å². The summed E-state index contributed by atoms with van der Waals surface area (Å²) in [6, 6.07) is 7.37. The number of aromatic nitrogens is 1. The standard InChI is InChI=1S/C18H20F2N2O2.ClH/c1-23-17-7-8-24-11-16(17)22-10-13-6-5-12(9-21-13)18-14(19)3-2-4-15(18)20;/h2-6,9,16-17,22H,7-8,10-11H2,1H3;1H. The minimum atomic E-state index is -0.593. The highest BCUT2D eigenvalue weighted by Gasteiger charge is 2.25. The fourth-order valence-corrected chi connectivity index (χ4v) is 2.88. The van der Waals surface area contributed by atoms with Crippen LogP contribution in [0, 0.1) is 11.6 Å². The molecule has 0 spiro atoms. The van der Waals surface area contributed by atoms with Gasteiger partial charge in [0.15, 0.2) is 0 Å². The molecule has 1 aliphatic rings. The van der Waals surface area contributed by atoms with Crippen LogP contribution in [0.1, 0.15) is 12.1 Å². The van der Waals surface area contributed by atoms with Crippen molar-refractivity contribution in [2.24, 2.45) is 0 Å². The summed E-state index contributed by atoms with van der Waals surface area (Å²) in [6.45, 7) is 1.84. The molecule has 136 valence electrons. The monoisotopic (exact) mass is 370 g/mol. The number of halogens is 3. The molecule has 1 aromatic carbocycles. The molecule has 2 unspecified atom stereocenters. The van der Waals surface area contributed by atoms with Crippen LogP contribution in [-0.2, 0) is 16.0 Å². The van der Waals surface area contributed by atoms with Crippen LogP contribution in [0.3, 0.4) is 0 Å². The summed E-state index contributed by atoms with van der Waals surface area (Å²) in [6.07, 6.45) is 2.46. The predicted octanol–water partition coefficient (Wildman–Crippen LogP) is 3.34. The van der Waals surface area contributed by atoms with Gasteiger partial charge in [0.1, 0.15) is 11.6 Å². The number of hydrogen-bond donors (Lipinski definition) is 1. The lowest BCUT2D eigenvalue weighted by Gasteiger charge is -2.31. The minimum absolute atomic E-state index is 0. The van der Waals surface area contributed by atoms with Gasteiger partial charge in [-0.1, -0.05) is 12.1 Å². The van der Waals surface area contributed by atoms with Crippen molar-refractivity contribution in [2.45, 2.75) is 25.1 Å². The lowest BCUT2D eigenvalue weighted by atomic mass is 10.1. The third-order valence-electron chi connectivity index (χ3n) is 4.22. The van der Waals surface area contributed by atoms with E-state index in [1.807, 2.05) is 0 Å². The van der Waals surface area contributed by atoms with E-state index >= 15 is 0 Å². The Bertz CT molecular complexity index is 665. The first-order chi connectivity index (χ1) is 11.7. The van der Waals surface area contributed by atoms with E-state index in [0.717, 1.165) is 12.1 Å². The zero-order valence-corrected chi connectivity index (χ0v) is 14.7. The van der Waals surface area contributed by atoms with Gasteiger partial charge in [0.05, 0.1) is 30.0 Å². The van der Waals surface area contributed by atoms with E-state index in [1.54, 1.807) is 19.2 Å². The normalized spacial score (nSPS) is 20.1. The van der Waals surface area contributed by atoms with Gasteiger partial charge in [-0.05, 0) is 24.6 Å². The SMILES string of the molecule is COC1CCOCC1NCc1ccc(-c2c(F)cccc2F)cn1.Cl. The molecule has 2 heterocycles. The molecule has 2 aromatic rings. The molecule has 1 saturated heterocycles. The number of nitrogens with zero attached hydrogens (tertiary/aromatic N) is 1. The van der Waals surface area contributed by atoms with Crippen LogP contribution >= 0.6 is 12.4 Å². The highest BCUT2D eigenvalue weighted by molar-refractivity contribution is 5.85. The smallest absolute Gasteiger partial charge is 0.134 e. The molecule has 4 nitrogen and oxygen atoms in total. The van der Waals surface area contributed by atoms with Crippen molar-refractivity contribution in [3.8, 4) is 11.1 Å². The van der Waals surface area contributed by atoms with Gasteiger partial charge in [-0.15, -0.1) is 12.4 Å². The largest absolute Gasteiger partial charge is 0.380 e. The van der Waals surface area contributed by atoms with Crippen LogP contribution in [0.2, 0.25) is 0 Å². The summed E-state index contributed by atoms with van der Waals surface area (Å²) in [7, 11) is 1.70. The molecule has 2 atom stereocenters. The van der Waals surface area contributed by atoms with Crippen LogP contribution in [0.5, 0.6) is 0 Å². The average Bonchev–Trinajstić information content (AvgIpc) is 2.61. The van der Waals surface area contributed by atoms with Gasteiger partial charge in [0, 0.05) is 32.0 Å². The summed E-state index contributed by atoms with van der Waals surface area (Å²) in [5.74, 6) is -1.19. The first kappa shape index (κ1) is 19.7. The Morgan fingerprint density at radius 3 is 2.64 bits per heavy atom. The number of methoxy groups -OCH3 is 1. The van der Waals surface area contributed by atoms with Crippen molar-refractivity contribution in [1.82, 2.24) is 10.3 Å². The topological polar surface area (TPSA) is 43.4 Å². The second kappa shape index (κ2) is 9.20. The van der Waals surface area contributed by atoms with Crippen molar-refractivity contribution < 1.29 is 18.3 Å². The molecule has 1 N–H and O–H groups in total. The summed E-state index contributed by atoms with van der Waals surface area (Å²) >= 11 is 0. The first-order valence-electron chi connectivity index (χ1n) is 7.92. The number of benzene rings is 1. The quantitative estimate of drug-likeness (QED) is 0.876. The van der Waals surface area contributed by atoms with Crippen LogP contribution in [0.25, 0.3) is 11.1 Å². The number of hydrogen-bond acceptors (Lipinski definition) is 4. The maximum atomic E-state index is 13.8. The average molecular weight is 371 g/mol. The summed E-state index contributed by atoms with van der Waals surface area (Å²) in [5.41, 5.74) is 1.16. The molecule has 1 aliphatic heterocycles. The highest BCUT2D eigenvalue weighted by atomic mass is 35.5. The summed E-state index contributed by atoms with van der Waals surface area (Å²) < 4.78 is 38.5. The Balaban J connectivity index is 0.00000225. The van der Waals surface area contributed by atoms with Crippen LogP contribution in [0.4, 0.5) is 8.78 Å². The van der Waals surface area contributed by atoms with Crippen molar-refractivity contribution in [3.05, 3.63) is 53.9 Å². The third kappa shape index (κ3) is 4.73. The van der Waals surface area contributed by atoms with E-state index in [-0.39, 0.29) is 30.1 Å². The molecule has 0 bridgehead atoms. The van der Waals surface area contributed by atoms with Crippen molar-refractivity contribution in [1.29, 1.82) is 0 Å². The highest BCUT2D eigenvalue weighted by Crippen LogP contribution is 2.25. The number of rotatable bonds is 5. The first-order valence-corrected chi connectivity index (χ1v) is 7.92. The molecule has 1 fully saturated rings. The molecule has 0 aliphatic carbocycles. The van der Waals surface area contributed by atoms with Crippen molar-refractivity contribution in [3.63, 3.8) is 0 Å². The Morgan fingerprint density at radius 2 is 2.00 bits per heavy atom. The van der Waals surface area contributed by atoms with Crippen molar-refractivity contribution in [2.75, 3.05) is 20.3 Å². The summed E-state index contributed by atoms with van der Waals surface area (Å²) in [4.78, 5) is 4.30. The minimum Gasteiger partial charge on any atom is -0.380 e. The van der Waals surface area contributed by atoms with E-state index in [4.69, 9.17) is 9.47 Å². The zero-order valence-electron chi connectivity index (χ0n) is 13.9. The molecular weight excluding hydrogens is 350 g/mol.